The third kappa shape index (κ3) is 5.71. The molecule has 0 aliphatic carbocycles. The molecule has 0 spiro atoms. The number of carbonyl (C=O) groups excluding carboxylic acids is 1. The number of halogens is 1. The van der Waals surface area contributed by atoms with E-state index in [2.05, 4.69) is 6.07 Å². The summed E-state index contributed by atoms with van der Waals surface area (Å²) in [6.07, 6.45) is 1.94. The summed E-state index contributed by atoms with van der Waals surface area (Å²) in [5.74, 6) is 0.837. The lowest BCUT2D eigenvalue weighted by molar-refractivity contribution is -0.133. The smallest absolute Gasteiger partial charge is 0.315 e. The van der Waals surface area contributed by atoms with Crippen molar-refractivity contribution >= 4 is 29.2 Å². The Bertz CT molecular complexity index is 1050. The summed E-state index contributed by atoms with van der Waals surface area (Å²) in [5.41, 5.74) is 2.97. The number of ether oxygens (including phenoxy) is 2. The average molecular weight is 404 g/mol. The summed E-state index contributed by atoms with van der Waals surface area (Å²) in [6.45, 7) is 0. The SMILES string of the molecule is COc1ccc(CC(=O)Oc2ccc(/C=C(/C#N)c3ccc(Cl)cc3)cc2)cc1. The average Bonchev–Trinajstić information content (AvgIpc) is 2.74. The van der Waals surface area contributed by atoms with E-state index < -0.39 is 0 Å². The second-order valence-corrected chi connectivity index (χ2v) is 6.68. The number of hydrogen-bond acceptors (Lipinski definition) is 4. The third-order valence-corrected chi connectivity index (χ3v) is 4.46. The van der Waals surface area contributed by atoms with Gasteiger partial charge in [-0.3, -0.25) is 4.79 Å². The van der Waals surface area contributed by atoms with Crippen LogP contribution < -0.4 is 9.47 Å². The maximum atomic E-state index is 12.1. The van der Waals surface area contributed by atoms with Crippen LogP contribution in [0.1, 0.15) is 16.7 Å². The molecule has 4 nitrogen and oxygen atoms in total. The number of carbonyl (C=O) groups is 1. The Hall–Kier alpha value is -3.55. The fraction of sp³-hybridized carbons (Fsp3) is 0.0833. The highest BCUT2D eigenvalue weighted by molar-refractivity contribution is 6.30. The van der Waals surface area contributed by atoms with Crippen molar-refractivity contribution < 1.29 is 14.3 Å². The number of rotatable bonds is 6. The first-order valence-corrected chi connectivity index (χ1v) is 9.26. The Morgan fingerprint density at radius 3 is 2.17 bits per heavy atom. The number of esters is 1. The van der Waals surface area contributed by atoms with Crippen molar-refractivity contribution in [2.45, 2.75) is 6.42 Å². The van der Waals surface area contributed by atoms with Gasteiger partial charge in [-0.2, -0.15) is 5.26 Å². The summed E-state index contributed by atoms with van der Waals surface area (Å²) in [6, 6.07) is 23.5. The normalized spacial score (nSPS) is 10.9. The number of nitrogens with zero attached hydrogens (tertiary/aromatic N) is 1. The van der Waals surface area contributed by atoms with Crippen molar-refractivity contribution in [3.05, 3.63) is 94.5 Å². The van der Waals surface area contributed by atoms with Crippen LogP contribution in [0.2, 0.25) is 5.02 Å². The summed E-state index contributed by atoms with van der Waals surface area (Å²) in [5, 5.41) is 10.0. The van der Waals surface area contributed by atoms with Gasteiger partial charge in [-0.25, -0.2) is 0 Å². The van der Waals surface area contributed by atoms with Crippen LogP contribution in [0.5, 0.6) is 11.5 Å². The monoisotopic (exact) mass is 403 g/mol. The molecule has 3 rings (SSSR count). The number of methoxy groups -OCH3 is 1. The third-order valence-electron chi connectivity index (χ3n) is 4.21. The minimum absolute atomic E-state index is 0.167. The van der Waals surface area contributed by atoms with Crippen LogP contribution in [0.15, 0.2) is 72.8 Å². The molecule has 29 heavy (non-hydrogen) atoms. The van der Waals surface area contributed by atoms with E-state index >= 15 is 0 Å². The van der Waals surface area contributed by atoms with Crippen molar-refractivity contribution in [2.24, 2.45) is 0 Å². The van der Waals surface area contributed by atoms with Gasteiger partial charge in [0.2, 0.25) is 0 Å². The van der Waals surface area contributed by atoms with Crippen LogP contribution in [0.3, 0.4) is 0 Å². The lowest BCUT2D eigenvalue weighted by Gasteiger charge is -2.06. The van der Waals surface area contributed by atoms with Crippen LogP contribution in [-0.2, 0) is 11.2 Å². The fourth-order valence-corrected chi connectivity index (χ4v) is 2.81. The van der Waals surface area contributed by atoms with Gasteiger partial charge < -0.3 is 9.47 Å². The summed E-state index contributed by atoms with van der Waals surface area (Å²) in [7, 11) is 1.59. The first kappa shape index (κ1) is 20.2. The van der Waals surface area contributed by atoms with E-state index in [-0.39, 0.29) is 12.4 Å². The van der Waals surface area contributed by atoms with Crippen molar-refractivity contribution in [3.8, 4) is 17.6 Å². The highest BCUT2D eigenvalue weighted by atomic mass is 35.5. The molecule has 144 valence electrons. The lowest BCUT2D eigenvalue weighted by atomic mass is 10.0. The molecule has 0 atom stereocenters. The van der Waals surface area contributed by atoms with Crippen molar-refractivity contribution in [3.63, 3.8) is 0 Å². The van der Waals surface area contributed by atoms with E-state index in [1.54, 1.807) is 73.8 Å². The van der Waals surface area contributed by atoms with E-state index in [0.717, 1.165) is 22.4 Å². The van der Waals surface area contributed by atoms with Gasteiger partial charge in [0, 0.05) is 5.02 Å². The van der Waals surface area contributed by atoms with Gasteiger partial charge >= 0.3 is 5.97 Å². The quantitative estimate of drug-likeness (QED) is 0.234. The Balaban J connectivity index is 1.65. The molecule has 0 heterocycles. The van der Waals surface area contributed by atoms with E-state index in [1.165, 1.54) is 0 Å². The molecule has 3 aromatic carbocycles. The molecular formula is C24H18ClNO3. The maximum absolute atomic E-state index is 12.1. The molecule has 0 N–H and O–H groups in total. The van der Waals surface area contributed by atoms with Gasteiger partial charge in [-0.15, -0.1) is 0 Å². The van der Waals surface area contributed by atoms with Gasteiger partial charge in [0.05, 0.1) is 25.2 Å². The van der Waals surface area contributed by atoms with E-state index in [9.17, 15) is 10.1 Å². The van der Waals surface area contributed by atoms with Crippen LogP contribution >= 0.6 is 11.6 Å². The molecule has 3 aromatic rings. The zero-order valence-corrected chi connectivity index (χ0v) is 16.5. The molecule has 5 heteroatoms. The Labute approximate surface area is 174 Å². The van der Waals surface area contributed by atoms with Crippen LogP contribution in [0.4, 0.5) is 0 Å². The molecule has 0 bridgehead atoms. The molecule has 0 unspecified atom stereocenters. The molecule has 0 fully saturated rings. The molecule has 0 aliphatic rings. The van der Waals surface area contributed by atoms with Crippen LogP contribution in [0, 0.1) is 11.3 Å². The second kappa shape index (κ2) is 9.59. The first-order chi connectivity index (χ1) is 14.1. The van der Waals surface area contributed by atoms with E-state index in [0.29, 0.717) is 16.3 Å². The van der Waals surface area contributed by atoms with Gasteiger partial charge in [0.15, 0.2) is 0 Å². The first-order valence-electron chi connectivity index (χ1n) is 8.89. The predicted octanol–water partition coefficient (Wildman–Crippen LogP) is 5.56. The van der Waals surface area contributed by atoms with Gasteiger partial charge in [-0.05, 0) is 59.2 Å². The van der Waals surface area contributed by atoms with Crippen molar-refractivity contribution in [2.75, 3.05) is 7.11 Å². The second-order valence-electron chi connectivity index (χ2n) is 6.24. The van der Waals surface area contributed by atoms with E-state index in [1.807, 2.05) is 12.1 Å². The topological polar surface area (TPSA) is 59.3 Å². The van der Waals surface area contributed by atoms with Crippen LogP contribution in [-0.4, -0.2) is 13.1 Å². The Morgan fingerprint density at radius 1 is 0.966 bits per heavy atom. The highest BCUT2D eigenvalue weighted by Gasteiger charge is 2.07. The van der Waals surface area contributed by atoms with Crippen molar-refractivity contribution in [1.82, 2.24) is 0 Å². The zero-order chi connectivity index (χ0) is 20.6. The minimum Gasteiger partial charge on any atom is -0.497 e. The molecule has 0 aliphatic heterocycles. The minimum atomic E-state index is -0.350. The number of benzene rings is 3. The lowest BCUT2D eigenvalue weighted by Crippen LogP contribution is -2.11. The molecule has 0 amide bonds. The van der Waals surface area contributed by atoms with Gasteiger partial charge in [0.25, 0.3) is 0 Å². The predicted molar refractivity (Wildman–Crippen MR) is 114 cm³/mol. The van der Waals surface area contributed by atoms with E-state index in [4.69, 9.17) is 21.1 Å². The zero-order valence-electron chi connectivity index (χ0n) is 15.8. The molecule has 0 radical (unpaired) electrons. The number of nitriles is 1. The number of allylic oxidation sites excluding steroid dienone is 1. The Morgan fingerprint density at radius 2 is 1.59 bits per heavy atom. The summed E-state index contributed by atoms with van der Waals surface area (Å²) >= 11 is 5.89. The number of hydrogen-bond donors (Lipinski definition) is 0. The summed E-state index contributed by atoms with van der Waals surface area (Å²) < 4.78 is 10.5. The highest BCUT2D eigenvalue weighted by Crippen LogP contribution is 2.21. The Kier molecular flexibility index (Phi) is 6.67. The molecular weight excluding hydrogens is 386 g/mol. The molecule has 0 saturated carbocycles. The standard InChI is InChI=1S/C24H18ClNO3/c1-28-22-10-2-18(3-11-22)15-24(27)29-23-12-4-17(5-13-23)14-20(16-26)19-6-8-21(25)9-7-19/h2-14H,15H2,1H3/b20-14-. The van der Waals surface area contributed by atoms with Crippen LogP contribution in [0.25, 0.3) is 11.6 Å². The maximum Gasteiger partial charge on any atom is 0.315 e. The van der Waals surface area contributed by atoms with Gasteiger partial charge in [-0.1, -0.05) is 48.0 Å². The molecule has 0 saturated heterocycles. The van der Waals surface area contributed by atoms with Gasteiger partial charge in [0.1, 0.15) is 11.5 Å². The fourth-order valence-electron chi connectivity index (χ4n) is 2.69. The molecule has 0 aromatic heterocycles. The van der Waals surface area contributed by atoms with Crippen molar-refractivity contribution in [1.29, 1.82) is 5.26 Å². The summed E-state index contributed by atoms with van der Waals surface area (Å²) in [4.78, 5) is 12.1. The largest absolute Gasteiger partial charge is 0.497 e.